The number of carbonyl (C=O) groups excluding carboxylic acids is 1. The van der Waals surface area contributed by atoms with Crippen molar-refractivity contribution in [2.75, 3.05) is 19.6 Å². The first-order valence-corrected chi connectivity index (χ1v) is 12.7. The van der Waals surface area contributed by atoms with E-state index in [0.717, 1.165) is 57.0 Å². The zero-order valence-electron chi connectivity index (χ0n) is 17.9. The number of primary amides is 1. The fourth-order valence-electron chi connectivity index (χ4n) is 6.04. The number of hydrogen-bond acceptors (Lipinski definition) is 4. The van der Waals surface area contributed by atoms with Crippen LogP contribution in [0.25, 0.3) is 0 Å². The van der Waals surface area contributed by atoms with Gasteiger partial charge in [0.2, 0.25) is 15.9 Å². The molecule has 178 valence electrons. The van der Waals surface area contributed by atoms with Crippen molar-refractivity contribution < 1.29 is 26.4 Å². The van der Waals surface area contributed by atoms with Gasteiger partial charge in [-0.1, -0.05) is 6.07 Å². The van der Waals surface area contributed by atoms with Crippen molar-refractivity contribution in [3.05, 3.63) is 29.8 Å². The Hall–Kier alpha value is -1.65. The van der Waals surface area contributed by atoms with Crippen LogP contribution in [0.1, 0.15) is 50.5 Å². The van der Waals surface area contributed by atoms with Gasteiger partial charge in [-0.05, 0) is 81.6 Å². The zero-order chi connectivity index (χ0) is 23.1. The fourth-order valence-corrected chi connectivity index (χ4v) is 7.85. The minimum atomic E-state index is -4.62. The van der Waals surface area contributed by atoms with Crippen LogP contribution in [0.3, 0.4) is 0 Å². The molecule has 3 saturated heterocycles. The minimum absolute atomic E-state index is 0.108. The van der Waals surface area contributed by atoms with Crippen LogP contribution in [0.2, 0.25) is 0 Å². The number of amides is 1. The quantitative estimate of drug-likeness (QED) is 0.688. The molecule has 0 saturated carbocycles. The highest BCUT2D eigenvalue weighted by molar-refractivity contribution is 7.89. The van der Waals surface area contributed by atoms with Crippen LogP contribution >= 0.6 is 0 Å². The van der Waals surface area contributed by atoms with Crippen molar-refractivity contribution in [2.45, 2.75) is 68.1 Å². The molecule has 0 spiro atoms. The second-order valence-corrected chi connectivity index (χ2v) is 11.2. The second kappa shape index (κ2) is 8.95. The van der Waals surface area contributed by atoms with Gasteiger partial charge in [-0.3, -0.25) is 9.69 Å². The van der Waals surface area contributed by atoms with E-state index in [0.29, 0.717) is 25.4 Å². The van der Waals surface area contributed by atoms with E-state index in [1.807, 2.05) is 0 Å². The van der Waals surface area contributed by atoms with Gasteiger partial charge in [0.05, 0.1) is 10.5 Å². The Labute approximate surface area is 187 Å². The van der Waals surface area contributed by atoms with Gasteiger partial charge in [0.25, 0.3) is 0 Å². The molecule has 1 aromatic carbocycles. The van der Waals surface area contributed by atoms with Gasteiger partial charge in [0.1, 0.15) is 0 Å². The highest BCUT2D eigenvalue weighted by atomic mass is 32.2. The van der Waals surface area contributed by atoms with Crippen LogP contribution in [-0.4, -0.2) is 55.2 Å². The Morgan fingerprint density at radius 2 is 1.88 bits per heavy atom. The molecular weight excluding hydrogens is 443 g/mol. The molecule has 32 heavy (non-hydrogen) atoms. The minimum Gasteiger partial charge on any atom is -0.370 e. The number of carbonyl (C=O) groups is 1. The second-order valence-electron chi connectivity index (χ2n) is 9.26. The summed E-state index contributed by atoms with van der Waals surface area (Å²) < 4.78 is 68.5. The molecule has 0 unspecified atom stereocenters. The van der Waals surface area contributed by atoms with Crippen molar-refractivity contribution in [3.8, 4) is 0 Å². The number of alkyl halides is 3. The molecule has 3 aliphatic rings. The number of halogens is 3. The molecule has 0 radical (unpaired) electrons. The molecule has 2 N–H and O–H groups in total. The Balaban J connectivity index is 1.70. The SMILES string of the molecule is NC(=O)CCC[C@@H]1[C@H]2CCCN3CCC[C@@H](CN1S(=O)(=O)c1cccc(C(F)(F)F)c1)[C@@H]23. The molecule has 3 aliphatic heterocycles. The van der Waals surface area contributed by atoms with Crippen molar-refractivity contribution in [1.29, 1.82) is 0 Å². The van der Waals surface area contributed by atoms with E-state index >= 15 is 0 Å². The van der Waals surface area contributed by atoms with Crippen LogP contribution < -0.4 is 5.73 Å². The molecule has 0 aliphatic carbocycles. The van der Waals surface area contributed by atoms with Gasteiger partial charge in [0.15, 0.2) is 0 Å². The van der Waals surface area contributed by atoms with Crippen molar-refractivity contribution in [1.82, 2.24) is 9.21 Å². The van der Waals surface area contributed by atoms with Crippen LogP contribution in [0.5, 0.6) is 0 Å². The van der Waals surface area contributed by atoms with E-state index in [9.17, 15) is 26.4 Å². The molecule has 4 rings (SSSR count). The predicted molar refractivity (Wildman–Crippen MR) is 113 cm³/mol. The van der Waals surface area contributed by atoms with Gasteiger partial charge in [-0.15, -0.1) is 0 Å². The van der Waals surface area contributed by atoms with Crippen LogP contribution in [0.4, 0.5) is 13.2 Å². The number of nitrogens with two attached hydrogens (primary N) is 1. The van der Waals surface area contributed by atoms with Crippen LogP contribution in [0.15, 0.2) is 29.2 Å². The number of hydrogen-bond donors (Lipinski definition) is 1. The smallest absolute Gasteiger partial charge is 0.370 e. The number of sulfonamides is 1. The lowest BCUT2D eigenvalue weighted by atomic mass is 9.70. The maximum absolute atomic E-state index is 13.7. The third-order valence-electron chi connectivity index (χ3n) is 7.32. The first-order chi connectivity index (χ1) is 15.1. The average molecular weight is 474 g/mol. The summed E-state index contributed by atoms with van der Waals surface area (Å²) >= 11 is 0. The van der Waals surface area contributed by atoms with Gasteiger partial charge in [-0.2, -0.15) is 17.5 Å². The maximum atomic E-state index is 13.7. The summed E-state index contributed by atoms with van der Waals surface area (Å²) in [5.74, 6) is -0.160. The summed E-state index contributed by atoms with van der Waals surface area (Å²) in [6.45, 7) is 2.32. The Morgan fingerprint density at radius 3 is 2.56 bits per heavy atom. The topological polar surface area (TPSA) is 83.7 Å². The third kappa shape index (κ3) is 4.54. The average Bonchev–Trinajstić information content (AvgIpc) is 2.74. The first kappa shape index (κ1) is 23.5. The summed E-state index contributed by atoms with van der Waals surface area (Å²) in [7, 11) is -4.13. The largest absolute Gasteiger partial charge is 0.416 e. The summed E-state index contributed by atoms with van der Waals surface area (Å²) in [5.41, 5.74) is 4.33. The van der Waals surface area contributed by atoms with Crippen LogP contribution in [-0.2, 0) is 21.0 Å². The molecule has 3 fully saturated rings. The number of rotatable bonds is 6. The Bertz CT molecular complexity index is 951. The zero-order valence-corrected chi connectivity index (χ0v) is 18.7. The maximum Gasteiger partial charge on any atom is 0.416 e. The monoisotopic (exact) mass is 473 g/mol. The molecular formula is C22H30F3N3O3S. The lowest BCUT2D eigenvalue weighted by Crippen LogP contribution is -2.65. The predicted octanol–water partition coefficient (Wildman–Crippen LogP) is 3.22. The molecule has 3 heterocycles. The van der Waals surface area contributed by atoms with Gasteiger partial charge in [-0.25, -0.2) is 8.42 Å². The lowest BCUT2D eigenvalue weighted by molar-refractivity contribution is -0.137. The number of benzene rings is 1. The molecule has 1 aromatic rings. The van der Waals surface area contributed by atoms with Crippen molar-refractivity contribution >= 4 is 15.9 Å². The highest BCUT2D eigenvalue weighted by Gasteiger charge is 2.51. The Kier molecular flexibility index (Phi) is 6.57. The first-order valence-electron chi connectivity index (χ1n) is 11.3. The molecule has 4 atom stereocenters. The van der Waals surface area contributed by atoms with Crippen molar-refractivity contribution in [2.24, 2.45) is 17.6 Å². The van der Waals surface area contributed by atoms with Gasteiger partial charge < -0.3 is 5.73 Å². The van der Waals surface area contributed by atoms with Gasteiger partial charge >= 0.3 is 6.18 Å². The van der Waals surface area contributed by atoms with E-state index in [4.69, 9.17) is 5.73 Å². The van der Waals surface area contributed by atoms with Gasteiger partial charge in [0, 0.05) is 25.0 Å². The molecule has 10 heteroatoms. The molecule has 1 amide bonds. The lowest BCUT2D eigenvalue weighted by Gasteiger charge is -2.57. The Morgan fingerprint density at radius 1 is 1.16 bits per heavy atom. The van der Waals surface area contributed by atoms with E-state index in [2.05, 4.69) is 4.90 Å². The standard InChI is InChI=1S/C22H30F3N3O3S/c23-22(24,25)16-6-1-7-17(13-16)32(30,31)28-14-15-5-3-11-27-12-4-8-18(21(15)27)19(28)9-2-10-20(26)29/h1,6-7,13,15,18-19,21H,2-5,8-12,14H2,(H2,26,29)/t15-,18+,19+,21-/m0/s1. The summed E-state index contributed by atoms with van der Waals surface area (Å²) in [6, 6.07) is 3.95. The van der Waals surface area contributed by atoms with Crippen molar-refractivity contribution in [3.63, 3.8) is 0 Å². The molecule has 0 bridgehead atoms. The summed E-state index contributed by atoms with van der Waals surface area (Å²) in [6.07, 6.45) is 0.250. The number of piperidine rings is 3. The fraction of sp³-hybridized carbons (Fsp3) is 0.682. The third-order valence-corrected chi connectivity index (χ3v) is 9.20. The highest BCUT2D eigenvalue weighted by Crippen LogP contribution is 2.45. The summed E-state index contributed by atoms with van der Waals surface area (Å²) in [4.78, 5) is 13.4. The number of nitrogens with zero attached hydrogens (tertiary/aromatic N) is 2. The van der Waals surface area contributed by atoms with E-state index in [1.54, 1.807) is 0 Å². The van der Waals surface area contributed by atoms with Crippen LogP contribution in [0, 0.1) is 11.8 Å². The van der Waals surface area contributed by atoms with E-state index < -0.39 is 27.7 Å². The normalized spacial score (nSPS) is 29.5. The summed E-state index contributed by atoms with van der Waals surface area (Å²) in [5, 5.41) is 0. The van der Waals surface area contributed by atoms with E-state index in [-0.39, 0.29) is 29.2 Å². The van der Waals surface area contributed by atoms with E-state index in [1.165, 1.54) is 10.4 Å². The molecule has 6 nitrogen and oxygen atoms in total. The molecule has 0 aromatic heterocycles.